The van der Waals surface area contributed by atoms with Crippen LogP contribution in [0.15, 0.2) is 22.9 Å². The number of anilines is 1. The van der Waals surface area contributed by atoms with Gasteiger partial charge in [0.2, 0.25) is 5.04 Å². The summed E-state index contributed by atoms with van der Waals surface area (Å²) in [5.41, 5.74) is -6.31. The minimum atomic E-state index is -5.76. The van der Waals surface area contributed by atoms with Crippen LogP contribution >= 0.6 is 11.3 Å². The third-order valence-corrected chi connectivity index (χ3v) is 5.17. The monoisotopic (exact) mass is 354 g/mol. The molecule has 0 atom stereocenters. The van der Waals surface area contributed by atoms with E-state index in [1.807, 2.05) is 0 Å². The zero-order valence-electron chi connectivity index (χ0n) is 11.2. The van der Waals surface area contributed by atoms with Crippen molar-refractivity contribution in [1.82, 2.24) is 0 Å². The highest BCUT2D eigenvalue weighted by molar-refractivity contribution is 8.07. The number of rotatable bonds is 2. The van der Waals surface area contributed by atoms with Crippen molar-refractivity contribution >= 4 is 43.3 Å². The van der Waals surface area contributed by atoms with Crippen LogP contribution in [0.4, 0.5) is 18.2 Å². The van der Waals surface area contributed by atoms with E-state index in [2.05, 4.69) is 9.99 Å². The molecule has 0 fully saturated rings. The van der Waals surface area contributed by atoms with Crippen molar-refractivity contribution in [3.8, 4) is 0 Å². The second kappa shape index (κ2) is 5.39. The molecule has 0 aromatic carbocycles. The summed E-state index contributed by atoms with van der Waals surface area (Å²) in [6.45, 7) is 0. The van der Waals surface area contributed by atoms with Gasteiger partial charge >= 0.3 is 11.5 Å². The molecule has 0 spiro atoms. The van der Waals surface area contributed by atoms with Crippen LogP contribution in [-0.2, 0) is 19.5 Å². The van der Waals surface area contributed by atoms with E-state index in [0.29, 0.717) is 4.88 Å². The van der Waals surface area contributed by atoms with Gasteiger partial charge in [0.1, 0.15) is 5.57 Å². The molecule has 0 radical (unpaired) electrons. The van der Waals surface area contributed by atoms with Gasteiger partial charge in [-0.2, -0.15) is 13.2 Å². The molecule has 120 valence electrons. The second-order valence-corrected chi connectivity index (χ2v) is 7.30. The average molecular weight is 354 g/mol. The summed E-state index contributed by atoms with van der Waals surface area (Å²) in [7, 11) is -2.24. The highest BCUT2D eigenvalue weighted by atomic mass is 32.2. The van der Waals surface area contributed by atoms with Gasteiger partial charge in [0.15, 0.2) is 0 Å². The highest BCUT2D eigenvalue weighted by Crippen LogP contribution is 2.32. The van der Waals surface area contributed by atoms with Gasteiger partial charge in [-0.3, -0.25) is 0 Å². The first-order valence-electron chi connectivity index (χ1n) is 5.64. The molecular formula is C11H9F3N2O4S2. The lowest BCUT2D eigenvalue weighted by molar-refractivity contribution is -0.136. The lowest BCUT2D eigenvalue weighted by Crippen LogP contribution is -2.31. The summed E-state index contributed by atoms with van der Waals surface area (Å²) in [6.07, 6.45) is 1.01. The van der Waals surface area contributed by atoms with E-state index in [1.54, 1.807) is 25.1 Å². The summed E-state index contributed by atoms with van der Waals surface area (Å²) >= 11 is 1.16. The number of alkyl halides is 3. The molecule has 0 N–H and O–H groups in total. The van der Waals surface area contributed by atoms with Gasteiger partial charge in [-0.15, -0.1) is 11.3 Å². The Morgan fingerprint density at radius 3 is 2.45 bits per heavy atom. The summed E-state index contributed by atoms with van der Waals surface area (Å²) in [4.78, 5) is 17.7. The predicted molar refractivity (Wildman–Crippen MR) is 75.1 cm³/mol. The first-order valence-corrected chi connectivity index (χ1v) is 7.94. The Labute approximate surface area is 127 Å². The van der Waals surface area contributed by atoms with E-state index in [4.69, 9.17) is 0 Å². The molecule has 0 bridgehead atoms. The van der Waals surface area contributed by atoms with Gasteiger partial charge in [0.05, 0.1) is 5.00 Å². The SMILES string of the molecule is CN(C)c1ccc(C=C2C(=O)ON=C2S(=O)(=O)C(F)(F)F)s1. The molecule has 0 aliphatic carbocycles. The molecule has 1 aliphatic heterocycles. The topological polar surface area (TPSA) is 76.0 Å². The zero-order valence-corrected chi connectivity index (χ0v) is 12.8. The molecule has 0 saturated carbocycles. The van der Waals surface area contributed by atoms with Gasteiger partial charge < -0.3 is 9.74 Å². The smallest absolute Gasteiger partial charge is 0.370 e. The van der Waals surface area contributed by atoms with Crippen LogP contribution in [0.25, 0.3) is 6.08 Å². The largest absolute Gasteiger partial charge is 0.503 e. The minimum absolute atomic E-state index is 0.391. The molecule has 1 aromatic rings. The number of carbonyl (C=O) groups excluding carboxylic acids is 1. The highest BCUT2D eigenvalue weighted by Gasteiger charge is 2.53. The van der Waals surface area contributed by atoms with Crippen LogP contribution in [0.3, 0.4) is 0 Å². The van der Waals surface area contributed by atoms with E-state index < -0.39 is 31.9 Å². The Kier molecular flexibility index (Phi) is 4.04. The van der Waals surface area contributed by atoms with Gasteiger partial charge in [-0.25, -0.2) is 13.2 Å². The number of sulfone groups is 1. The van der Waals surface area contributed by atoms with E-state index in [0.717, 1.165) is 22.4 Å². The normalized spacial score (nSPS) is 17.6. The van der Waals surface area contributed by atoms with Crippen molar-refractivity contribution in [3.05, 3.63) is 22.6 Å². The van der Waals surface area contributed by atoms with Crippen molar-refractivity contribution in [2.45, 2.75) is 5.51 Å². The van der Waals surface area contributed by atoms with Crippen molar-refractivity contribution in [2.75, 3.05) is 19.0 Å². The van der Waals surface area contributed by atoms with Crippen LogP contribution in [0.1, 0.15) is 4.88 Å². The number of hydrogen-bond donors (Lipinski definition) is 0. The zero-order chi connectivity index (χ0) is 16.7. The van der Waals surface area contributed by atoms with Crippen molar-refractivity contribution in [1.29, 1.82) is 0 Å². The summed E-state index contributed by atoms with van der Waals surface area (Å²) in [6, 6.07) is 3.21. The quantitative estimate of drug-likeness (QED) is 0.600. The van der Waals surface area contributed by atoms with E-state index >= 15 is 0 Å². The lowest BCUT2D eigenvalue weighted by atomic mass is 10.2. The van der Waals surface area contributed by atoms with Gasteiger partial charge in [-0.1, -0.05) is 5.16 Å². The van der Waals surface area contributed by atoms with Crippen molar-refractivity contribution < 1.29 is 31.2 Å². The molecule has 6 nitrogen and oxygen atoms in total. The maximum atomic E-state index is 12.6. The molecular weight excluding hydrogens is 345 g/mol. The Bertz CT molecular complexity index is 776. The van der Waals surface area contributed by atoms with E-state index in [9.17, 15) is 26.4 Å². The Morgan fingerprint density at radius 2 is 1.95 bits per heavy atom. The van der Waals surface area contributed by atoms with Crippen LogP contribution in [0.2, 0.25) is 0 Å². The Hall–Kier alpha value is -1.88. The predicted octanol–water partition coefficient (Wildman–Crippen LogP) is 2.00. The first-order chi connectivity index (χ1) is 10.0. The number of carbonyl (C=O) groups is 1. The molecule has 0 unspecified atom stereocenters. The maximum Gasteiger partial charge on any atom is 0.503 e. The molecule has 1 aromatic heterocycles. The molecule has 2 rings (SSSR count). The van der Waals surface area contributed by atoms with Gasteiger partial charge in [0.25, 0.3) is 9.84 Å². The number of halogens is 3. The van der Waals surface area contributed by atoms with Crippen molar-refractivity contribution in [2.24, 2.45) is 5.16 Å². The summed E-state index contributed by atoms with van der Waals surface area (Å²) < 4.78 is 60.5. The van der Waals surface area contributed by atoms with Crippen LogP contribution in [0.5, 0.6) is 0 Å². The first kappa shape index (κ1) is 16.5. The van der Waals surface area contributed by atoms with Crippen molar-refractivity contribution in [3.63, 3.8) is 0 Å². The second-order valence-electron chi connectivity index (χ2n) is 4.35. The molecule has 1 aliphatic rings. The van der Waals surface area contributed by atoms with Crippen LogP contribution in [0, 0.1) is 0 Å². The standard InChI is InChI=1S/C11H9F3N2O4S2/c1-16(2)8-4-3-6(21-8)5-7-9(15-20-10(7)17)22(18,19)11(12,13)14/h3-5H,1-2H3. The lowest BCUT2D eigenvalue weighted by Gasteiger charge is -2.07. The number of oxime groups is 1. The minimum Gasteiger partial charge on any atom is -0.370 e. The summed E-state index contributed by atoms with van der Waals surface area (Å²) in [5.74, 6) is -1.25. The molecule has 2 heterocycles. The number of thiophene rings is 1. The average Bonchev–Trinajstić information content (AvgIpc) is 2.97. The van der Waals surface area contributed by atoms with Gasteiger partial charge in [-0.05, 0) is 18.2 Å². The maximum absolute atomic E-state index is 12.6. The van der Waals surface area contributed by atoms with E-state index in [1.165, 1.54) is 6.07 Å². The number of nitrogens with zero attached hydrogens (tertiary/aromatic N) is 2. The third kappa shape index (κ3) is 2.86. The summed E-state index contributed by atoms with van der Waals surface area (Å²) in [5, 5.41) is 2.11. The molecule has 0 saturated heterocycles. The molecule has 22 heavy (non-hydrogen) atoms. The van der Waals surface area contributed by atoms with Crippen LogP contribution < -0.4 is 4.90 Å². The molecule has 11 heteroatoms. The number of hydrogen-bond acceptors (Lipinski definition) is 7. The van der Waals surface area contributed by atoms with Crippen LogP contribution in [-0.4, -0.2) is 39.0 Å². The van der Waals surface area contributed by atoms with E-state index in [-0.39, 0.29) is 0 Å². The fourth-order valence-electron chi connectivity index (χ4n) is 1.50. The Morgan fingerprint density at radius 1 is 1.32 bits per heavy atom. The van der Waals surface area contributed by atoms with Gasteiger partial charge in [0, 0.05) is 19.0 Å². The molecule has 0 amide bonds. The third-order valence-electron chi connectivity index (χ3n) is 2.56. The fourth-order valence-corrected chi connectivity index (χ4v) is 3.15. The Balaban J connectivity index is 2.46. The fraction of sp³-hybridized carbons (Fsp3) is 0.273.